The minimum atomic E-state index is -3.10. The Morgan fingerprint density at radius 3 is 2.31 bits per heavy atom. The van der Waals surface area contributed by atoms with Gasteiger partial charge in [-0.3, -0.25) is 4.90 Å². The van der Waals surface area contributed by atoms with Gasteiger partial charge in [0.15, 0.2) is 0 Å². The zero-order valence-electron chi connectivity index (χ0n) is 18.9. The van der Waals surface area contributed by atoms with E-state index in [1.807, 2.05) is 0 Å². The van der Waals surface area contributed by atoms with Crippen molar-refractivity contribution in [3.05, 3.63) is 59.7 Å². The van der Waals surface area contributed by atoms with Gasteiger partial charge in [0, 0.05) is 51.5 Å². The number of benzene rings is 2. The van der Waals surface area contributed by atoms with E-state index in [-0.39, 0.29) is 5.60 Å². The SMILES string of the molecule is CS(=O)(=O)N1CCN(c2ccc3c(c2)CCC2(CCN(Cc4ccccc4)CC2)O3)CC1. The lowest BCUT2D eigenvalue weighted by molar-refractivity contribution is -0.0163. The van der Waals surface area contributed by atoms with Crippen LogP contribution < -0.4 is 9.64 Å². The molecule has 0 radical (unpaired) electrons. The van der Waals surface area contributed by atoms with Crippen molar-refractivity contribution in [1.82, 2.24) is 9.21 Å². The van der Waals surface area contributed by atoms with E-state index in [2.05, 4.69) is 58.3 Å². The topological polar surface area (TPSA) is 53.1 Å². The number of hydrogen-bond acceptors (Lipinski definition) is 5. The molecule has 0 atom stereocenters. The monoisotopic (exact) mass is 455 g/mol. The van der Waals surface area contributed by atoms with Crippen molar-refractivity contribution >= 4 is 15.7 Å². The molecule has 2 fully saturated rings. The van der Waals surface area contributed by atoms with Gasteiger partial charge in [-0.1, -0.05) is 30.3 Å². The molecule has 6 nitrogen and oxygen atoms in total. The fraction of sp³-hybridized carbons (Fsp3) is 0.520. The molecule has 0 aromatic heterocycles. The third-order valence-electron chi connectivity index (χ3n) is 7.31. The number of sulfonamides is 1. The summed E-state index contributed by atoms with van der Waals surface area (Å²) in [5, 5.41) is 0. The summed E-state index contributed by atoms with van der Waals surface area (Å²) >= 11 is 0. The third kappa shape index (κ3) is 4.65. The first-order chi connectivity index (χ1) is 15.4. The summed E-state index contributed by atoms with van der Waals surface area (Å²) in [7, 11) is -3.10. The van der Waals surface area contributed by atoms with Crippen molar-refractivity contribution in [2.24, 2.45) is 0 Å². The molecule has 7 heteroatoms. The molecule has 2 saturated heterocycles. The number of ether oxygens (including phenoxy) is 1. The molecule has 0 bridgehead atoms. The molecule has 5 rings (SSSR count). The molecule has 32 heavy (non-hydrogen) atoms. The van der Waals surface area contributed by atoms with E-state index < -0.39 is 10.0 Å². The highest BCUT2D eigenvalue weighted by Gasteiger charge is 2.39. The van der Waals surface area contributed by atoms with Crippen LogP contribution >= 0.6 is 0 Å². The molecule has 0 amide bonds. The van der Waals surface area contributed by atoms with Crippen LogP contribution in [0.1, 0.15) is 30.4 Å². The lowest BCUT2D eigenvalue weighted by atomic mass is 9.83. The maximum Gasteiger partial charge on any atom is 0.211 e. The molecular weight excluding hydrogens is 422 g/mol. The molecule has 2 aromatic rings. The number of likely N-dealkylation sites (tertiary alicyclic amines) is 1. The standard InChI is InChI=1S/C25H33N3O3S/c1-32(29,30)28-17-15-27(16-18-28)23-7-8-24-22(19-23)9-10-25(31-24)11-13-26(14-12-25)20-21-5-3-2-4-6-21/h2-8,19H,9-18,20H2,1H3. The van der Waals surface area contributed by atoms with Gasteiger partial charge in [0.05, 0.1) is 6.26 Å². The first-order valence-corrected chi connectivity index (χ1v) is 13.5. The van der Waals surface area contributed by atoms with E-state index in [1.165, 1.54) is 23.1 Å². The van der Waals surface area contributed by atoms with Crippen LogP contribution in [0.25, 0.3) is 0 Å². The summed E-state index contributed by atoms with van der Waals surface area (Å²) in [6, 6.07) is 17.2. The summed E-state index contributed by atoms with van der Waals surface area (Å²) in [4.78, 5) is 4.83. The fourth-order valence-corrected chi connectivity index (χ4v) is 6.12. The molecule has 3 heterocycles. The van der Waals surface area contributed by atoms with Crippen LogP contribution in [-0.2, 0) is 23.0 Å². The Morgan fingerprint density at radius 2 is 1.62 bits per heavy atom. The minimum absolute atomic E-state index is 0.0250. The van der Waals surface area contributed by atoms with Crippen LogP contribution in [0, 0.1) is 0 Å². The normalized spacial score (nSPS) is 21.8. The van der Waals surface area contributed by atoms with E-state index in [9.17, 15) is 8.42 Å². The van der Waals surface area contributed by atoms with E-state index >= 15 is 0 Å². The van der Waals surface area contributed by atoms with Crippen molar-refractivity contribution in [3.63, 3.8) is 0 Å². The van der Waals surface area contributed by atoms with Gasteiger partial charge in [0.1, 0.15) is 11.4 Å². The summed E-state index contributed by atoms with van der Waals surface area (Å²) < 4.78 is 31.7. The summed E-state index contributed by atoms with van der Waals surface area (Å²) in [5.41, 5.74) is 3.81. The van der Waals surface area contributed by atoms with Crippen molar-refractivity contribution < 1.29 is 13.2 Å². The molecule has 0 saturated carbocycles. The van der Waals surface area contributed by atoms with Gasteiger partial charge in [-0.25, -0.2) is 8.42 Å². The predicted octanol–water partition coefficient (Wildman–Crippen LogP) is 3.13. The van der Waals surface area contributed by atoms with Gasteiger partial charge in [-0.15, -0.1) is 0 Å². The average Bonchev–Trinajstić information content (AvgIpc) is 2.81. The van der Waals surface area contributed by atoms with Gasteiger partial charge < -0.3 is 9.64 Å². The Morgan fingerprint density at radius 1 is 0.906 bits per heavy atom. The lowest BCUT2D eigenvalue weighted by Gasteiger charge is -2.45. The van der Waals surface area contributed by atoms with Crippen molar-refractivity contribution in [2.75, 3.05) is 50.4 Å². The minimum Gasteiger partial charge on any atom is -0.487 e. The largest absolute Gasteiger partial charge is 0.487 e. The highest BCUT2D eigenvalue weighted by atomic mass is 32.2. The van der Waals surface area contributed by atoms with Crippen molar-refractivity contribution in [1.29, 1.82) is 0 Å². The summed E-state index contributed by atoms with van der Waals surface area (Å²) in [5.74, 6) is 1.03. The molecular formula is C25H33N3O3S. The van der Waals surface area contributed by atoms with E-state index in [1.54, 1.807) is 4.31 Å². The number of piperazine rings is 1. The van der Waals surface area contributed by atoms with Crippen LogP contribution in [0.5, 0.6) is 5.75 Å². The Hall–Kier alpha value is -2.09. The van der Waals surface area contributed by atoms with Gasteiger partial charge in [-0.05, 0) is 55.0 Å². The molecule has 0 N–H and O–H groups in total. The second-order valence-corrected chi connectivity index (χ2v) is 11.5. The van der Waals surface area contributed by atoms with Crippen molar-refractivity contribution in [3.8, 4) is 5.75 Å². The number of nitrogens with zero attached hydrogens (tertiary/aromatic N) is 3. The Balaban J connectivity index is 1.19. The first kappa shape index (κ1) is 21.7. The number of rotatable bonds is 4. The Bertz CT molecular complexity index is 1040. The van der Waals surface area contributed by atoms with Gasteiger partial charge in [0.2, 0.25) is 10.0 Å². The second-order valence-electron chi connectivity index (χ2n) is 9.49. The number of hydrogen-bond donors (Lipinski definition) is 0. The maximum atomic E-state index is 11.8. The quantitative estimate of drug-likeness (QED) is 0.709. The van der Waals surface area contributed by atoms with Crippen molar-refractivity contribution in [2.45, 2.75) is 37.8 Å². The zero-order valence-corrected chi connectivity index (χ0v) is 19.7. The highest BCUT2D eigenvalue weighted by molar-refractivity contribution is 7.88. The lowest BCUT2D eigenvalue weighted by Crippen LogP contribution is -2.49. The van der Waals surface area contributed by atoms with Crippen LogP contribution in [0.2, 0.25) is 0 Å². The molecule has 0 aliphatic carbocycles. The highest BCUT2D eigenvalue weighted by Crippen LogP contribution is 2.41. The Kier molecular flexibility index (Phi) is 5.90. The van der Waals surface area contributed by atoms with Gasteiger partial charge in [-0.2, -0.15) is 4.31 Å². The molecule has 2 aromatic carbocycles. The van der Waals surface area contributed by atoms with Gasteiger partial charge >= 0.3 is 0 Å². The summed E-state index contributed by atoms with van der Waals surface area (Å²) in [6.45, 7) is 5.73. The molecule has 3 aliphatic heterocycles. The zero-order chi connectivity index (χ0) is 22.2. The number of anilines is 1. The van der Waals surface area contributed by atoms with Crippen LogP contribution in [0.3, 0.4) is 0 Å². The van der Waals surface area contributed by atoms with Crippen LogP contribution in [0.4, 0.5) is 5.69 Å². The van der Waals surface area contributed by atoms with Crippen LogP contribution in [0.15, 0.2) is 48.5 Å². The maximum absolute atomic E-state index is 11.8. The number of fused-ring (bicyclic) bond motifs is 1. The summed E-state index contributed by atoms with van der Waals surface area (Å²) in [6.07, 6.45) is 5.57. The van der Waals surface area contributed by atoms with E-state index in [4.69, 9.17) is 4.74 Å². The molecule has 0 unspecified atom stereocenters. The molecule has 1 spiro atoms. The number of piperidine rings is 1. The van der Waals surface area contributed by atoms with Crippen LogP contribution in [-0.4, -0.2) is 68.7 Å². The van der Waals surface area contributed by atoms with E-state index in [0.717, 1.165) is 64.2 Å². The molecule has 172 valence electrons. The second kappa shape index (κ2) is 8.69. The number of aryl methyl sites for hydroxylation is 1. The van der Waals surface area contributed by atoms with E-state index in [0.29, 0.717) is 13.1 Å². The molecule has 3 aliphatic rings. The average molecular weight is 456 g/mol. The third-order valence-corrected chi connectivity index (χ3v) is 8.61. The van der Waals surface area contributed by atoms with Gasteiger partial charge in [0.25, 0.3) is 0 Å². The predicted molar refractivity (Wildman–Crippen MR) is 128 cm³/mol. The Labute approximate surface area is 191 Å². The fourth-order valence-electron chi connectivity index (χ4n) is 5.29. The first-order valence-electron chi connectivity index (χ1n) is 11.7. The smallest absolute Gasteiger partial charge is 0.211 e.